The molecule has 1 aromatic carbocycles. The molecule has 2 N–H and O–H groups in total. The summed E-state index contributed by atoms with van der Waals surface area (Å²) in [4.78, 5) is 6.37. The largest absolute Gasteiger partial charge is 0.366 e. The Morgan fingerprint density at radius 2 is 2.11 bits per heavy atom. The number of hydrogen-bond donors (Lipinski definition) is 1. The minimum atomic E-state index is -0.250. The van der Waals surface area contributed by atoms with E-state index in [1.165, 1.54) is 6.07 Å². The number of rotatable bonds is 5. The van der Waals surface area contributed by atoms with Gasteiger partial charge in [0.1, 0.15) is 5.82 Å². The van der Waals surface area contributed by atoms with Crippen LogP contribution in [0.1, 0.15) is 18.2 Å². The van der Waals surface area contributed by atoms with E-state index in [0.717, 1.165) is 17.9 Å². The molecule has 0 saturated carbocycles. The summed E-state index contributed by atoms with van der Waals surface area (Å²) in [7, 11) is 0. The monoisotopic (exact) mass is 259 g/mol. The van der Waals surface area contributed by atoms with Gasteiger partial charge in [0.05, 0.1) is 12.2 Å². The Kier molecular flexibility index (Phi) is 4.47. The molecular weight excluding hydrogens is 241 g/mol. The fourth-order valence-corrected chi connectivity index (χ4v) is 1.97. The molecule has 1 aromatic heterocycles. The summed E-state index contributed by atoms with van der Waals surface area (Å²) in [5.41, 5.74) is 7.82. The van der Waals surface area contributed by atoms with Crippen LogP contribution in [-0.2, 0) is 13.1 Å². The van der Waals surface area contributed by atoms with Crippen molar-refractivity contribution in [1.82, 2.24) is 4.98 Å². The molecule has 0 amide bonds. The van der Waals surface area contributed by atoms with Crippen molar-refractivity contribution < 1.29 is 4.39 Å². The van der Waals surface area contributed by atoms with Gasteiger partial charge in [-0.25, -0.2) is 4.39 Å². The van der Waals surface area contributed by atoms with E-state index in [1.54, 1.807) is 12.3 Å². The molecular formula is C15H18FN3. The van der Waals surface area contributed by atoms with Gasteiger partial charge in [0.2, 0.25) is 0 Å². The molecule has 0 unspecified atom stereocenters. The molecule has 0 bridgehead atoms. The van der Waals surface area contributed by atoms with Gasteiger partial charge in [-0.05, 0) is 31.2 Å². The van der Waals surface area contributed by atoms with E-state index in [0.29, 0.717) is 12.1 Å². The van der Waals surface area contributed by atoms with E-state index < -0.39 is 0 Å². The minimum absolute atomic E-state index is 0.221. The van der Waals surface area contributed by atoms with Crippen molar-refractivity contribution >= 4 is 5.69 Å². The van der Waals surface area contributed by atoms with Crippen molar-refractivity contribution in [3.63, 3.8) is 0 Å². The summed E-state index contributed by atoms with van der Waals surface area (Å²) in [5.74, 6) is -0.250. The zero-order valence-electron chi connectivity index (χ0n) is 11.0. The van der Waals surface area contributed by atoms with Crippen LogP contribution in [0.25, 0.3) is 0 Å². The van der Waals surface area contributed by atoms with Crippen molar-refractivity contribution in [3.05, 3.63) is 59.7 Å². The average molecular weight is 259 g/mol. The standard InChI is InChI=1S/C15H18FN3/c1-2-19(11-13-5-3-4-8-18-13)14-7-6-12(10-17)15(16)9-14/h3-9H,2,10-11,17H2,1H3. The summed E-state index contributed by atoms with van der Waals surface area (Å²) in [6, 6.07) is 11.0. The van der Waals surface area contributed by atoms with Crippen molar-refractivity contribution in [3.8, 4) is 0 Å². The molecule has 0 radical (unpaired) electrons. The highest BCUT2D eigenvalue weighted by molar-refractivity contribution is 5.48. The van der Waals surface area contributed by atoms with Gasteiger partial charge < -0.3 is 10.6 Å². The molecule has 0 aliphatic heterocycles. The third kappa shape index (κ3) is 3.29. The maximum atomic E-state index is 13.8. The van der Waals surface area contributed by atoms with Crippen LogP contribution in [0.15, 0.2) is 42.6 Å². The first-order valence-electron chi connectivity index (χ1n) is 6.38. The lowest BCUT2D eigenvalue weighted by molar-refractivity contribution is 0.609. The van der Waals surface area contributed by atoms with Gasteiger partial charge in [-0.1, -0.05) is 12.1 Å². The van der Waals surface area contributed by atoms with Crippen molar-refractivity contribution in [2.75, 3.05) is 11.4 Å². The molecule has 100 valence electrons. The smallest absolute Gasteiger partial charge is 0.129 e. The Morgan fingerprint density at radius 1 is 1.26 bits per heavy atom. The topological polar surface area (TPSA) is 42.2 Å². The molecule has 0 saturated heterocycles. The third-order valence-electron chi connectivity index (χ3n) is 3.08. The highest BCUT2D eigenvalue weighted by atomic mass is 19.1. The molecule has 0 atom stereocenters. The predicted molar refractivity (Wildman–Crippen MR) is 75.3 cm³/mol. The van der Waals surface area contributed by atoms with E-state index >= 15 is 0 Å². The van der Waals surface area contributed by atoms with Crippen LogP contribution in [-0.4, -0.2) is 11.5 Å². The maximum Gasteiger partial charge on any atom is 0.129 e. The Bertz CT molecular complexity index is 528. The van der Waals surface area contributed by atoms with Gasteiger partial charge >= 0.3 is 0 Å². The Labute approximate surface area is 112 Å². The van der Waals surface area contributed by atoms with Crippen LogP contribution in [0.3, 0.4) is 0 Å². The Morgan fingerprint density at radius 3 is 2.68 bits per heavy atom. The van der Waals surface area contributed by atoms with Gasteiger partial charge in [0, 0.05) is 30.5 Å². The number of pyridine rings is 1. The zero-order valence-corrected chi connectivity index (χ0v) is 11.0. The maximum absolute atomic E-state index is 13.8. The molecule has 0 fully saturated rings. The molecule has 0 aliphatic carbocycles. The van der Waals surface area contributed by atoms with Crippen LogP contribution in [0.2, 0.25) is 0 Å². The first-order chi connectivity index (χ1) is 9.24. The molecule has 4 heteroatoms. The number of nitrogens with two attached hydrogens (primary N) is 1. The second-order valence-electron chi connectivity index (χ2n) is 4.32. The number of anilines is 1. The summed E-state index contributed by atoms with van der Waals surface area (Å²) in [6.07, 6.45) is 1.77. The number of aromatic nitrogens is 1. The minimum Gasteiger partial charge on any atom is -0.366 e. The lowest BCUT2D eigenvalue weighted by Gasteiger charge is -2.23. The summed E-state index contributed by atoms with van der Waals surface area (Å²) < 4.78 is 13.8. The van der Waals surface area contributed by atoms with E-state index in [2.05, 4.69) is 9.88 Å². The molecule has 1 heterocycles. The van der Waals surface area contributed by atoms with Crippen molar-refractivity contribution in [1.29, 1.82) is 0 Å². The third-order valence-corrected chi connectivity index (χ3v) is 3.08. The van der Waals surface area contributed by atoms with Gasteiger partial charge in [0.15, 0.2) is 0 Å². The molecule has 2 aromatic rings. The predicted octanol–water partition coefficient (Wildman–Crippen LogP) is 2.71. The van der Waals surface area contributed by atoms with Crippen LogP contribution in [0.5, 0.6) is 0 Å². The summed E-state index contributed by atoms with van der Waals surface area (Å²) in [6.45, 7) is 3.72. The van der Waals surface area contributed by atoms with Gasteiger partial charge in [-0.15, -0.1) is 0 Å². The lowest BCUT2D eigenvalue weighted by Crippen LogP contribution is -2.22. The van der Waals surface area contributed by atoms with Crippen LogP contribution < -0.4 is 10.6 Å². The highest BCUT2D eigenvalue weighted by Gasteiger charge is 2.09. The fraction of sp³-hybridized carbons (Fsp3) is 0.267. The fourth-order valence-electron chi connectivity index (χ4n) is 1.97. The Hall–Kier alpha value is -1.94. The van der Waals surface area contributed by atoms with E-state index in [1.807, 2.05) is 31.2 Å². The van der Waals surface area contributed by atoms with Crippen molar-refractivity contribution in [2.45, 2.75) is 20.0 Å². The lowest BCUT2D eigenvalue weighted by atomic mass is 10.1. The van der Waals surface area contributed by atoms with Gasteiger partial charge in [0.25, 0.3) is 0 Å². The molecule has 19 heavy (non-hydrogen) atoms. The van der Waals surface area contributed by atoms with E-state index in [9.17, 15) is 4.39 Å². The van der Waals surface area contributed by atoms with E-state index in [4.69, 9.17) is 5.73 Å². The van der Waals surface area contributed by atoms with Crippen LogP contribution >= 0.6 is 0 Å². The average Bonchev–Trinajstić information content (AvgIpc) is 2.46. The van der Waals surface area contributed by atoms with E-state index in [-0.39, 0.29) is 12.4 Å². The first-order valence-corrected chi connectivity index (χ1v) is 6.38. The second kappa shape index (κ2) is 6.29. The number of hydrogen-bond acceptors (Lipinski definition) is 3. The number of nitrogens with zero attached hydrogens (tertiary/aromatic N) is 2. The van der Waals surface area contributed by atoms with Crippen LogP contribution in [0.4, 0.5) is 10.1 Å². The second-order valence-corrected chi connectivity index (χ2v) is 4.32. The molecule has 0 aliphatic rings. The zero-order chi connectivity index (χ0) is 13.7. The summed E-state index contributed by atoms with van der Waals surface area (Å²) in [5, 5.41) is 0. The van der Waals surface area contributed by atoms with Crippen LogP contribution in [0, 0.1) is 5.82 Å². The number of benzene rings is 1. The SMILES string of the molecule is CCN(Cc1ccccn1)c1ccc(CN)c(F)c1. The number of halogens is 1. The highest BCUT2D eigenvalue weighted by Crippen LogP contribution is 2.20. The quantitative estimate of drug-likeness (QED) is 0.897. The van der Waals surface area contributed by atoms with Crippen molar-refractivity contribution in [2.24, 2.45) is 5.73 Å². The Balaban J connectivity index is 2.20. The normalized spacial score (nSPS) is 10.5. The first kappa shape index (κ1) is 13.5. The van der Waals surface area contributed by atoms with Gasteiger partial charge in [-0.3, -0.25) is 4.98 Å². The molecule has 3 nitrogen and oxygen atoms in total. The molecule has 0 spiro atoms. The van der Waals surface area contributed by atoms with Gasteiger partial charge in [-0.2, -0.15) is 0 Å². The molecule has 2 rings (SSSR count). The summed E-state index contributed by atoms with van der Waals surface area (Å²) >= 11 is 0.